The van der Waals surface area contributed by atoms with Gasteiger partial charge in [-0.25, -0.2) is 0 Å². The first-order valence-electron chi connectivity index (χ1n) is 11.4. The largest absolute Gasteiger partial charge is 0.487 e. The van der Waals surface area contributed by atoms with Crippen molar-refractivity contribution in [2.75, 3.05) is 0 Å². The summed E-state index contributed by atoms with van der Waals surface area (Å²) in [5.74, 6) is -0.343. The lowest BCUT2D eigenvalue weighted by Crippen LogP contribution is -2.00. The molecule has 0 amide bonds. The monoisotopic (exact) mass is 453 g/mol. The smallest absolute Gasteiger partial charge is 0.307 e. The number of carbonyl (C=O) groups is 1. The van der Waals surface area contributed by atoms with Crippen molar-refractivity contribution in [3.05, 3.63) is 89.4 Å². The summed E-state index contributed by atoms with van der Waals surface area (Å²) in [4.78, 5) is 15.5. The van der Waals surface area contributed by atoms with E-state index in [-0.39, 0.29) is 11.8 Å². The molecule has 172 valence electrons. The average Bonchev–Trinajstić information content (AvgIpc) is 3.52. The van der Waals surface area contributed by atoms with Crippen molar-refractivity contribution in [3.8, 4) is 28.1 Å². The lowest BCUT2D eigenvalue weighted by Gasteiger charge is -2.15. The van der Waals surface area contributed by atoms with Gasteiger partial charge < -0.3 is 9.84 Å². The number of hydrogen-bond donors (Lipinski definition) is 1. The number of ether oxygens (including phenoxy) is 1. The SMILES string of the molecule is Cc1cc(-c2ccnn2C)cc(C)c1-c1cccc(COc2ccc([C@H]3C[C@@H]3C(=O)O)nc2)c1. The topological polar surface area (TPSA) is 77.2 Å². The molecule has 0 aliphatic heterocycles. The Bertz CT molecular complexity index is 1330. The van der Waals surface area contributed by atoms with E-state index in [1.807, 2.05) is 36.1 Å². The summed E-state index contributed by atoms with van der Waals surface area (Å²) in [6.45, 7) is 4.72. The molecule has 4 aromatic rings. The second-order valence-corrected chi connectivity index (χ2v) is 9.02. The van der Waals surface area contributed by atoms with Gasteiger partial charge in [-0.3, -0.25) is 14.5 Å². The third-order valence-electron chi connectivity index (χ3n) is 6.52. The minimum Gasteiger partial charge on any atom is -0.487 e. The van der Waals surface area contributed by atoms with Crippen LogP contribution in [0.2, 0.25) is 0 Å². The number of aryl methyl sites for hydroxylation is 3. The number of pyridine rings is 1. The number of carboxylic acid groups (broad SMARTS) is 1. The van der Waals surface area contributed by atoms with E-state index >= 15 is 0 Å². The minimum atomic E-state index is -0.746. The van der Waals surface area contributed by atoms with E-state index < -0.39 is 5.97 Å². The average molecular weight is 454 g/mol. The second-order valence-electron chi connectivity index (χ2n) is 9.02. The lowest BCUT2D eigenvalue weighted by molar-refractivity contribution is -0.138. The Hall–Kier alpha value is -3.93. The van der Waals surface area contributed by atoms with Crippen molar-refractivity contribution in [2.24, 2.45) is 13.0 Å². The van der Waals surface area contributed by atoms with Crippen molar-refractivity contribution < 1.29 is 14.6 Å². The molecule has 2 aromatic carbocycles. The van der Waals surface area contributed by atoms with E-state index in [9.17, 15) is 4.79 Å². The van der Waals surface area contributed by atoms with E-state index in [1.54, 1.807) is 6.20 Å². The fourth-order valence-electron chi connectivity index (χ4n) is 4.70. The maximum atomic E-state index is 11.1. The Morgan fingerprint density at radius 3 is 2.50 bits per heavy atom. The van der Waals surface area contributed by atoms with Gasteiger partial charge in [0, 0.05) is 30.4 Å². The summed E-state index contributed by atoms with van der Waals surface area (Å²) < 4.78 is 7.86. The zero-order chi connectivity index (χ0) is 23.8. The molecule has 6 nitrogen and oxygen atoms in total. The van der Waals surface area contributed by atoms with Crippen LogP contribution in [0, 0.1) is 19.8 Å². The van der Waals surface area contributed by atoms with Crippen LogP contribution in [0.5, 0.6) is 5.75 Å². The summed E-state index contributed by atoms with van der Waals surface area (Å²) in [5.41, 5.74) is 8.98. The summed E-state index contributed by atoms with van der Waals surface area (Å²) in [6.07, 6.45) is 4.16. The van der Waals surface area contributed by atoms with Gasteiger partial charge in [-0.15, -0.1) is 0 Å². The van der Waals surface area contributed by atoms with Crippen LogP contribution < -0.4 is 4.74 Å². The molecule has 34 heavy (non-hydrogen) atoms. The predicted molar refractivity (Wildman–Crippen MR) is 131 cm³/mol. The Balaban J connectivity index is 1.30. The second kappa shape index (κ2) is 8.78. The van der Waals surface area contributed by atoms with E-state index in [0.29, 0.717) is 18.8 Å². The van der Waals surface area contributed by atoms with Crippen LogP contribution in [-0.2, 0) is 18.4 Å². The summed E-state index contributed by atoms with van der Waals surface area (Å²) in [5, 5.41) is 13.4. The molecule has 0 unspecified atom stereocenters. The molecule has 1 aliphatic carbocycles. The molecule has 0 bridgehead atoms. The van der Waals surface area contributed by atoms with Crippen molar-refractivity contribution in [1.29, 1.82) is 0 Å². The van der Waals surface area contributed by atoms with Crippen molar-refractivity contribution in [2.45, 2.75) is 32.8 Å². The molecule has 6 heteroatoms. The van der Waals surface area contributed by atoms with Gasteiger partial charge in [-0.1, -0.05) is 18.2 Å². The Morgan fingerprint density at radius 1 is 1.09 bits per heavy atom. The summed E-state index contributed by atoms with van der Waals surface area (Å²) in [6, 6.07) is 18.6. The highest BCUT2D eigenvalue weighted by Crippen LogP contribution is 2.46. The Labute approximate surface area is 198 Å². The molecule has 0 spiro atoms. The zero-order valence-corrected chi connectivity index (χ0v) is 19.5. The van der Waals surface area contributed by atoms with Crippen LogP contribution in [0.25, 0.3) is 22.4 Å². The number of hydrogen-bond acceptors (Lipinski definition) is 4. The predicted octanol–water partition coefficient (Wildman–Crippen LogP) is 5.53. The third-order valence-corrected chi connectivity index (χ3v) is 6.52. The van der Waals surface area contributed by atoms with Gasteiger partial charge in [-0.2, -0.15) is 5.10 Å². The number of carboxylic acids is 1. The molecule has 2 aromatic heterocycles. The molecular weight excluding hydrogens is 426 g/mol. The van der Waals surface area contributed by atoms with Crippen LogP contribution >= 0.6 is 0 Å². The summed E-state index contributed by atoms with van der Waals surface area (Å²) in [7, 11) is 1.96. The molecule has 2 atom stereocenters. The molecular formula is C28H27N3O3. The number of aromatic nitrogens is 3. The molecule has 1 aliphatic rings. The van der Waals surface area contributed by atoms with E-state index in [4.69, 9.17) is 9.84 Å². The van der Waals surface area contributed by atoms with Gasteiger partial charge in [0.05, 0.1) is 17.8 Å². The maximum absolute atomic E-state index is 11.1. The first kappa shape index (κ1) is 21.9. The van der Waals surface area contributed by atoms with Gasteiger partial charge in [-0.05, 0) is 84.5 Å². The summed E-state index contributed by atoms with van der Waals surface area (Å²) >= 11 is 0. The fraction of sp³-hybridized carbons (Fsp3) is 0.250. The maximum Gasteiger partial charge on any atom is 0.307 e. The highest BCUT2D eigenvalue weighted by molar-refractivity contribution is 5.76. The van der Waals surface area contributed by atoms with Crippen LogP contribution in [0.1, 0.15) is 34.7 Å². The fourth-order valence-corrected chi connectivity index (χ4v) is 4.70. The van der Waals surface area contributed by atoms with Crippen molar-refractivity contribution in [3.63, 3.8) is 0 Å². The van der Waals surface area contributed by atoms with Gasteiger partial charge in [0.1, 0.15) is 12.4 Å². The van der Waals surface area contributed by atoms with E-state index in [0.717, 1.165) is 28.1 Å². The van der Waals surface area contributed by atoms with Crippen LogP contribution in [0.15, 0.2) is 67.0 Å². The van der Waals surface area contributed by atoms with Gasteiger partial charge >= 0.3 is 5.97 Å². The highest BCUT2D eigenvalue weighted by Gasteiger charge is 2.45. The first-order chi connectivity index (χ1) is 16.4. The van der Waals surface area contributed by atoms with Gasteiger partial charge in [0.2, 0.25) is 0 Å². The highest BCUT2D eigenvalue weighted by atomic mass is 16.5. The molecule has 1 N–H and O–H groups in total. The lowest BCUT2D eigenvalue weighted by atomic mass is 9.92. The normalized spacial score (nSPS) is 16.9. The minimum absolute atomic E-state index is 0.0268. The Kier molecular flexibility index (Phi) is 5.65. The first-order valence-corrected chi connectivity index (χ1v) is 11.4. The van der Waals surface area contributed by atoms with Gasteiger partial charge in [0.25, 0.3) is 0 Å². The molecule has 0 saturated heterocycles. The number of rotatable bonds is 7. The zero-order valence-electron chi connectivity index (χ0n) is 19.5. The number of aliphatic carboxylic acids is 1. The standard InChI is InChI=1S/C28H27N3O3/c1-17-11-21(26-9-10-30-31(26)3)12-18(2)27(17)20-6-4-5-19(13-20)16-34-22-7-8-25(29-15-22)23-14-24(23)28(32)33/h4-13,15,23-24H,14,16H2,1-3H3,(H,32,33)/t23-,24-/m0/s1. The number of nitrogens with zero attached hydrogens (tertiary/aromatic N) is 3. The molecule has 1 fully saturated rings. The van der Waals surface area contributed by atoms with E-state index in [2.05, 4.69) is 60.3 Å². The quantitative estimate of drug-likeness (QED) is 0.398. The van der Waals surface area contributed by atoms with Crippen molar-refractivity contribution in [1.82, 2.24) is 14.8 Å². The van der Waals surface area contributed by atoms with Crippen LogP contribution in [0.3, 0.4) is 0 Å². The van der Waals surface area contributed by atoms with Crippen LogP contribution in [-0.4, -0.2) is 25.8 Å². The van der Waals surface area contributed by atoms with E-state index in [1.165, 1.54) is 16.7 Å². The third kappa shape index (κ3) is 4.31. The Morgan fingerprint density at radius 2 is 1.88 bits per heavy atom. The molecule has 0 radical (unpaired) electrons. The van der Waals surface area contributed by atoms with Crippen molar-refractivity contribution >= 4 is 5.97 Å². The van der Waals surface area contributed by atoms with Gasteiger partial charge in [0.15, 0.2) is 0 Å². The van der Waals surface area contributed by atoms with Crippen LogP contribution in [0.4, 0.5) is 0 Å². The molecule has 2 heterocycles. The molecule has 1 saturated carbocycles. The number of benzene rings is 2. The molecule has 5 rings (SSSR count).